The number of para-hydroxylation sites is 1. The second-order valence-corrected chi connectivity index (χ2v) is 8.89. The highest BCUT2D eigenvalue weighted by atomic mass is 32.2. The molecule has 30 heavy (non-hydrogen) atoms. The second-order valence-electron chi connectivity index (χ2n) is 7.01. The van der Waals surface area contributed by atoms with Gasteiger partial charge in [0.2, 0.25) is 9.84 Å². The minimum absolute atomic E-state index is 0.217. The number of nitrogens with one attached hydrogen (secondary N) is 1. The number of alkyl halides is 2. The molecule has 1 N–H and O–H groups in total. The van der Waals surface area contributed by atoms with E-state index in [2.05, 4.69) is 5.32 Å². The van der Waals surface area contributed by atoms with Crippen LogP contribution in [0.25, 0.3) is 11.0 Å². The van der Waals surface area contributed by atoms with Crippen molar-refractivity contribution in [2.75, 3.05) is 11.9 Å². The van der Waals surface area contributed by atoms with Gasteiger partial charge in [0, 0.05) is 17.4 Å². The molecule has 0 saturated carbocycles. The molecule has 0 aliphatic heterocycles. The molecule has 158 valence electrons. The number of anilines is 1. The monoisotopic (exact) mass is 435 g/mol. The van der Waals surface area contributed by atoms with Crippen molar-refractivity contribution in [1.29, 1.82) is 0 Å². The largest absolute Gasteiger partial charge is 0.484 e. The van der Waals surface area contributed by atoms with Crippen LogP contribution in [0.15, 0.2) is 51.8 Å². The average Bonchev–Trinajstić information content (AvgIpc) is 3.10. The van der Waals surface area contributed by atoms with Gasteiger partial charge in [-0.05, 0) is 49.6 Å². The molecule has 6 nitrogen and oxygen atoms in total. The number of hydrogen-bond donors (Lipinski definition) is 1. The Kier molecular flexibility index (Phi) is 5.46. The van der Waals surface area contributed by atoms with E-state index in [0.29, 0.717) is 5.75 Å². The Labute approximate surface area is 171 Å². The molecule has 0 unspecified atom stereocenters. The summed E-state index contributed by atoms with van der Waals surface area (Å²) in [6.45, 7) is -0.408. The molecule has 4 rings (SSSR count). The van der Waals surface area contributed by atoms with Crippen LogP contribution in [0.4, 0.5) is 14.5 Å². The molecular weight excluding hydrogens is 416 g/mol. The van der Waals surface area contributed by atoms with Crippen molar-refractivity contribution in [1.82, 2.24) is 0 Å². The first kappa shape index (κ1) is 20.3. The fraction of sp³-hybridized carbons (Fsp3) is 0.286. The highest BCUT2D eigenvalue weighted by Crippen LogP contribution is 2.34. The summed E-state index contributed by atoms with van der Waals surface area (Å²) in [5.41, 5.74) is 1.72. The summed E-state index contributed by atoms with van der Waals surface area (Å²) >= 11 is 0. The Balaban J connectivity index is 1.47. The predicted molar refractivity (Wildman–Crippen MR) is 107 cm³/mol. The van der Waals surface area contributed by atoms with Gasteiger partial charge in [0.1, 0.15) is 17.1 Å². The van der Waals surface area contributed by atoms with Gasteiger partial charge in [-0.3, -0.25) is 4.79 Å². The number of halogens is 2. The first-order chi connectivity index (χ1) is 14.4. The van der Waals surface area contributed by atoms with Gasteiger partial charge in [0.05, 0.1) is 10.6 Å². The highest BCUT2D eigenvalue weighted by Gasteiger charge is 2.29. The number of fused-ring (bicyclic) bond motifs is 3. The molecule has 0 atom stereocenters. The summed E-state index contributed by atoms with van der Waals surface area (Å²) in [4.78, 5) is 11.6. The van der Waals surface area contributed by atoms with Gasteiger partial charge in [-0.15, -0.1) is 0 Å². The summed E-state index contributed by atoms with van der Waals surface area (Å²) in [5.74, 6) is -2.80. The van der Waals surface area contributed by atoms with Crippen LogP contribution in [-0.4, -0.2) is 26.7 Å². The molecule has 0 bridgehead atoms. The van der Waals surface area contributed by atoms with E-state index in [1.165, 1.54) is 18.2 Å². The maximum Gasteiger partial charge on any atom is 0.341 e. The summed E-state index contributed by atoms with van der Waals surface area (Å²) < 4.78 is 60.7. The normalized spacial score (nSPS) is 14.0. The highest BCUT2D eigenvalue weighted by molar-refractivity contribution is 7.91. The zero-order chi connectivity index (χ0) is 21.3. The third-order valence-electron chi connectivity index (χ3n) is 5.00. The summed E-state index contributed by atoms with van der Waals surface area (Å²) in [6, 6.07) is 10.3. The Bertz CT molecular complexity index is 1200. The molecule has 2 aromatic carbocycles. The second kappa shape index (κ2) is 8.06. The van der Waals surface area contributed by atoms with Crippen molar-refractivity contribution in [2.45, 2.75) is 36.3 Å². The Morgan fingerprint density at radius 1 is 1.13 bits per heavy atom. The molecule has 1 aromatic heterocycles. The van der Waals surface area contributed by atoms with E-state index in [1.807, 2.05) is 6.07 Å². The molecule has 0 fully saturated rings. The fourth-order valence-corrected chi connectivity index (χ4v) is 4.47. The van der Waals surface area contributed by atoms with E-state index in [0.717, 1.165) is 54.0 Å². The summed E-state index contributed by atoms with van der Waals surface area (Å²) in [6.07, 6.45) is 4.03. The molecular formula is C21H19F2NO5S. The lowest BCUT2D eigenvalue weighted by Crippen LogP contribution is -2.22. The van der Waals surface area contributed by atoms with Gasteiger partial charge in [0.15, 0.2) is 6.61 Å². The number of furan rings is 1. The lowest BCUT2D eigenvalue weighted by molar-refractivity contribution is -0.118. The molecule has 1 aliphatic carbocycles. The molecule has 1 heterocycles. The van der Waals surface area contributed by atoms with Gasteiger partial charge in [0.25, 0.3) is 5.91 Å². The minimum Gasteiger partial charge on any atom is -0.484 e. The number of benzene rings is 2. The Morgan fingerprint density at radius 2 is 1.90 bits per heavy atom. The van der Waals surface area contributed by atoms with Gasteiger partial charge in [-0.2, -0.15) is 8.78 Å². The van der Waals surface area contributed by atoms with Crippen LogP contribution in [-0.2, 0) is 27.5 Å². The molecule has 9 heteroatoms. The van der Waals surface area contributed by atoms with Crippen molar-refractivity contribution in [2.24, 2.45) is 0 Å². The van der Waals surface area contributed by atoms with Crippen molar-refractivity contribution in [3.8, 4) is 5.75 Å². The molecule has 1 amide bonds. The van der Waals surface area contributed by atoms with Crippen molar-refractivity contribution in [3.05, 3.63) is 53.8 Å². The summed E-state index contributed by atoms with van der Waals surface area (Å²) in [7, 11) is -4.85. The molecule has 0 radical (unpaired) electrons. The molecule has 0 saturated heterocycles. The number of amides is 1. The smallest absolute Gasteiger partial charge is 0.341 e. The number of rotatable bonds is 6. The van der Waals surface area contributed by atoms with Crippen LogP contribution >= 0.6 is 0 Å². The SMILES string of the molecule is O=C(COc1ccc2oc3c(c2c1)CCCC3)Nc1ccccc1S(=O)(=O)C(F)F. The quantitative estimate of drug-likeness (QED) is 0.623. The third-order valence-corrected chi connectivity index (χ3v) is 6.44. The van der Waals surface area contributed by atoms with E-state index >= 15 is 0 Å². The van der Waals surface area contributed by atoms with E-state index in [9.17, 15) is 22.0 Å². The topological polar surface area (TPSA) is 85.6 Å². The molecule has 0 spiro atoms. The van der Waals surface area contributed by atoms with Crippen LogP contribution < -0.4 is 10.1 Å². The zero-order valence-corrected chi connectivity index (χ0v) is 16.7. The van der Waals surface area contributed by atoms with Crippen LogP contribution in [0.3, 0.4) is 0 Å². The maximum atomic E-state index is 12.9. The number of hydrogen-bond acceptors (Lipinski definition) is 5. The van der Waals surface area contributed by atoms with E-state index in [4.69, 9.17) is 9.15 Å². The van der Waals surface area contributed by atoms with Gasteiger partial charge in [-0.1, -0.05) is 12.1 Å². The van der Waals surface area contributed by atoms with Crippen LogP contribution in [0, 0.1) is 0 Å². The minimum atomic E-state index is -4.85. The zero-order valence-electron chi connectivity index (χ0n) is 15.9. The number of carbonyl (C=O) groups is 1. The average molecular weight is 435 g/mol. The van der Waals surface area contributed by atoms with Gasteiger partial charge >= 0.3 is 5.76 Å². The van der Waals surface area contributed by atoms with E-state index < -0.39 is 33.0 Å². The molecule has 1 aliphatic rings. The molecule has 3 aromatic rings. The lowest BCUT2D eigenvalue weighted by atomic mass is 9.96. The van der Waals surface area contributed by atoms with E-state index in [-0.39, 0.29) is 5.69 Å². The van der Waals surface area contributed by atoms with Crippen molar-refractivity contribution < 1.29 is 31.1 Å². The summed E-state index contributed by atoms with van der Waals surface area (Å²) in [5, 5.41) is 3.28. The first-order valence-electron chi connectivity index (χ1n) is 9.44. The Hall–Kier alpha value is -2.94. The van der Waals surface area contributed by atoms with Crippen molar-refractivity contribution >= 4 is 32.4 Å². The van der Waals surface area contributed by atoms with Crippen LogP contribution in [0.2, 0.25) is 0 Å². The number of ether oxygens (including phenoxy) is 1. The predicted octanol–water partition coefficient (Wildman–Crippen LogP) is 4.33. The lowest BCUT2D eigenvalue weighted by Gasteiger charge is -2.12. The standard InChI is InChI=1S/C21H19F2NO5S/c22-21(23)30(26,27)19-8-4-2-6-16(19)24-20(25)12-28-13-9-10-18-15(11-13)14-5-1-3-7-17(14)29-18/h2,4,6,8-11,21H,1,3,5,7,12H2,(H,24,25). The van der Waals surface area contributed by atoms with Crippen LogP contribution in [0.1, 0.15) is 24.2 Å². The van der Waals surface area contributed by atoms with Crippen LogP contribution in [0.5, 0.6) is 5.75 Å². The third kappa shape index (κ3) is 3.89. The van der Waals surface area contributed by atoms with Gasteiger partial charge in [-0.25, -0.2) is 8.42 Å². The van der Waals surface area contributed by atoms with Crippen molar-refractivity contribution in [3.63, 3.8) is 0 Å². The number of aryl methyl sites for hydroxylation is 2. The van der Waals surface area contributed by atoms with E-state index in [1.54, 1.807) is 12.1 Å². The first-order valence-corrected chi connectivity index (χ1v) is 11.0. The maximum absolute atomic E-state index is 12.9. The van der Waals surface area contributed by atoms with Gasteiger partial charge < -0.3 is 14.5 Å². The fourth-order valence-electron chi connectivity index (χ4n) is 3.58. The Morgan fingerprint density at radius 3 is 2.70 bits per heavy atom. The number of sulfone groups is 1. The number of carbonyl (C=O) groups excluding carboxylic acids is 1.